The maximum Gasteiger partial charge on any atom is 0.255 e. The first kappa shape index (κ1) is 15.4. The number of rotatable bonds is 5. The first-order valence-electron chi connectivity index (χ1n) is 7.60. The lowest BCUT2D eigenvalue weighted by molar-refractivity contribution is 0.0886. The largest absolute Gasteiger partial charge is 0.506 e. The van der Waals surface area contributed by atoms with Crippen LogP contribution >= 0.6 is 0 Å². The van der Waals surface area contributed by atoms with Crippen molar-refractivity contribution >= 4 is 16.7 Å². The molecule has 0 saturated heterocycles. The van der Waals surface area contributed by atoms with Gasteiger partial charge in [0.2, 0.25) is 0 Å². The molecule has 0 spiro atoms. The molecule has 0 fully saturated rings. The van der Waals surface area contributed by atoms with E-state index >= 15 is 0 Å². The topological polar surface area (TPSA) is 49.3 Å². The molecule has 0 saturated carbocycles. The maximum absolute atomic E-state index is 12.5. The van der Waals surface area contributed by atoms with E-state index in [1.165, 1.54) is 0 Å². The molecule has 0 aliphatic carbocycles. The molecular weight excluding hydrogens is 262 g/mol. The zero-order valence-corrected chi connectivity index (χ0v) is 12.9. The Balaban J connectivity index is 2.38. The summed E-state index contributed by atoms with van der Waals surface area (Å²) in [6.45, 7) is 6.23. The van der Waals surface area contributed by atoms with E-state index < -0.39 is 0 Å². The predicted octanol–water partition coefficient (Wildman–Crippen LogP) is 4.24. The molecule has 0 bridgehead atoms. The van der Waals surface area contributed by atoms with E-state index in [9.17, 15) is 9.90 Å². The number of hydrogen-bond acceptors (Lipinski definition) is 2. The van der Waals surface area contributed by atoms with Gasteiger partial charge in [-0.1, -0.05) is 51.1 Å². The molecule has 2 rings (SSSR count). The number of nitrogens with one attached hydrogen (secondary N) is 1. The van der Waals surface area contributed by atoms with Gasteiger partial charge in [0.15, 0.2) is 0 Å². The van der Waals surface area contributed by atoms with Gasteiger partial charge in [-0.15, -0.1) is 0 Å². The summed E-state index contributed by atoms with van der Waals surface area (Å²) in [6, 6.07) is 11.1. The molecule has 21 heavy (non-hydrogen) atoms. The SMILES string of the molecule is CCC(CC)(CC)NC(=O)c1ccc2ccccc2c1O. The number of benzene rings is 2. The Kier molecular flexibility index (Phi) is 4.51. The van der Waals surface area contributed by atoms with Crippen LogP contribution in [-0.2, 0) is 0 Å². The highest BCUT2D eigenvalue weighted by Crippen LogP contribution is 2.29. The van der Waals surface area contributed by atoms with Gasteiger partial charge in [0.05, 0.1) is 5.56 Å². The average molecular weight is 285 g/mol. The minimum absolute atomic E-state index is 0.0582. The number of phenolic OH excluding ortho intramolecular Hbond substituents is 1. The van der Waals surface area contributed by atoms with E-state index in [0.29, 0.717) is 10.9 Å². The van der Waals surface area contributed by atoms with Crippen molar-refractivity contribution in [2.24, 2.45) is 0 Å². The smallest absolute Gasteiger partial charge is 0.255 e. The molecule has 0 aromatic heterocycles. The van der Waals surface area contributed by atoms with E-state index in [-0.39, 0.29) is 17.2 Å². The summed E-state index contributed by atoms with van der Waals surface area (Å²) in [5.74, 6) is -0.147. The van der Waals surface area contributed by atoms with Crippen LogP contribution in [0.5, 0.6) is 5.75 Å². The quantitative estimate of drug-likeness (QED) is 0.863. The first-order chi connectivity index (χ1) is 10.1. The van der Waals surface area contributed by atoms with E-state index in [1.807, 2.05) is 30.3 Å². The van der Waals surface area contributed by atoms with E-state index in [2.05, 4.69) is 26.1 Å². The highest BCUT2D eigenvalue weighted by atomic mass is 16.3. The van der Waals surface area contributed by atoms with Crippen LogP contribution in [-0.4, -0.2) is 16.6 Å². The van der Waals surface area contributed by atoms with Crippen LogP contribution in [0.15, 0.2) is 36.4 Å². The van der Waals surface area contributed by atoms with Gasteiger partial charge < -0.3 is 10.4 Å². The molecule has 3 heteroatoms. The first-order valence-corrected chi connectivity index (χ1v) is 7.60. The number of phenols is 1. The fourth-order valence-electron chi connectivity index (χ4n) is 2.76. The minimum Gasteiger partial charge on any atom is -0.506 e. The van der Waals surface area contributed by atoms with Crippen molar-refractivity contribution in [2.45, 2.75) is 45.6 Å². The molecule has 0 heterocycles. The molecular formula is C18H23NO2. The van der Waals surface area contributed by atoms with Crippen molar-refractivity contribution in [3.8, 4) is 5.75 Å². The van der Waals surface area contributed by atoms with Crippen LogP contribution < -0.4 is 5.32 Å². The molecule has 1 amide bonds. The molecule has 0 aliphatic rings. The van der Waals surface area contributed by atoms with Crippen molar-refractivity contribution in [2.75, 3.05) is 0 Å². The monoisotopic (exact) mass is 285 g/mol. The van der Waals surface area contributed by atoms with Gasteiger partial charge in [0.1, 0.15) is 5.75 Å². The van der Waals surface area contributed by atoms with Gasteiger partial charge in [-0.2, -0.15) is 0 Å². The number of amides is 1. The second kappa shape index (κ2) is 6.17. The zero-order chi connectivity index (χ0) is 15.5. The van der Waals surface area contributed by atoms with Gasteiger partial charge in [0.25, 0.3) is 5.91 Å². The Hall–Kier alpha value is -2.03. The zero-order valence-electron chi connectivity index (χ0n) is 12.9. The van der Waals surface area contributed by atoms with Crippen LogP contribution in [0.25, 0.3) is 10.8 Å². The Morgan fingerprint density at radius 3 is 2.29 bits per heavy atom. The number of carbonyl (C=O) groups is 1. The standard InChI is InChI=1S/C18H23NO2/c1-4-18(5-2,6-3)19-17(21)15-12-11-13-9-7-8-10-14(13)16(15)20/h7-12,20H,4-6H2,1-3H3,(H,19,21). The molecule has 0 unspecified atom stereocenters. The van der Waals surface area contributed by atoms with Crippen molar-refractivity contribution < 1.29 is 9.90 Å². The molecule has 112 valence electrons. The van der Waals surface area contributed by atoms with Crippen LogP contribution in [0, 0.1) is 0 Å². The summed E-state index contributed by atoms with van der Waals surface area (Å²) in [5, 5.41) is 15.1. The highest BCUT2D eigenvalue weighted by molar-refractivity contribution is 6.03. The summed E-state index contributed by atoms with van der Waals surface area (Å²) in [5.41, 5.74) is 0.142. The Bertz CT molecular complexity index is 636. The molecule has 0 radical (unpaired) electrons. The predicted molar refractivity (Wildman–Crippen MR) is 86.7 cm³/mol. The van der Waals surface area contributed by atoms with E-state index in [0.717, 1.165) is 24.6 Å². The van der Waals surface area contributed by atoms with E-state index in [1.54, 1.807) is 6.07 Å². The van der Waals surface area contributed by atoms with Gasteiger partial charge >= 0.3 is 0 Å². The van der Waals surface area contributed by atoms with Gasteiger partial charge in [0, 0.05) is 10.9 Å². The van der Waals surface area contributed by atoms with Crippen LogP contribution in [0.2, 0.25) is 0 Å². The van der Waals surface area contributed by atoms with Gasteiger partial charge in [-0.25, -0.2) is 0 Å². The molecule has 2 aromatic rings. The van der Waals surface area contributed by atoms with Crippen LogP contribution in [0.3, 0.4) is 0 Å². The Morgan fingerprint density at radius 1 is 1.05 bits per heavy atom. The Morgan fingerprint density at radius 2 is 1.67 bits per heavy atom. The summed E-state index contributed by atoms with van der Waals surface area (Å²) >= 11 is 0. The summed E-state index contributed by atoms with van der Waals surface area (Å²) in [4.78, 5) is 12.5. The lowest BCUT2D eigenvalue weighted by Crippen LogP contribution is -2.47. The number of hydrogen-bond donors (Lipinski definition) is 2. The van der Waals surface area contributed by atoms with E-state index in [4.69, 9.17) is 0 Å². The second-order valence-corrected chi connectivity index (χ2v) is 5.48. The highest BCUT2D eigenvalue weighted by Gasteiger charge is 2.27. The lowest BCUT2D eigenvalue weighted by Gasteiger charge is -2.32. The van der Waals surface area contributed by atoms with Crippen molar-refractivity contribution in [3.63, 3.8) is 0 Å². The molecule has 3 nitrogen and oxygen atoms in total. The number of carbonyl (C=O) groups excluding carboxylic acids is 1. The maximum atomic E-state index is 12.5. The second-order valence-electron chi connectivity index (χ2n) is 5.48. The van der Waals surface area contributed by atoms with Crippen LogP contribution in [0.4, 0.5) is 0 Å². The fourth-order valence-corrected chi connectivity index (χ4v) is 2.76. The Labute approximate surface area is 126 Å². The minimum atomic E-state index is -0.205. The third kappa shape index (κ3) is 2.87. The van der Waals surface area contributed by atoms with Crippen LogP contribution in [0.1, 0.15) is 50.4 Å². The molecule has 0 aliphatic heterocycles. The third-order valence-electron chi connectivity index (χ3n) is 4.55. The van der Waals surface area contributed by atoms with Gasteiger partial charge in [-0.3, -0.25) is 4.79 Å². The molecule has 0 atom stereocenters. The molecule has 2 aromatic carbocycles. The number of fused-ring (bicyclic) bond motifs is 1. The fraction of sp³-hybridized carbons (Fsp3) is 0.389. The summed E-state index contributed by atoms with van der Waals surface area (Å²) < 4.78 is 0. The normalized spacial score (nSPS) is 11.6. The molecule has 2 N–H and O–H groups in total. The van der Waals surface area contributed by atoms with Crippen molar-refractivity contribution in [1.82, 2.24) is 5.32 Å². The van der Waals surface area contributed by atoms with Crippen molar-refractivity contribution in [1.29, 1.82) is 0 Å². The van der Waals surface area contributed by atoms with Crippen molar-refractivity contribution in [3.05, 3.63) is 42.0 Å². The third-order valence-corrected chi connectivity index (χ3v) is 4.55. The lowest BCUT2D eigenvalue weighted by atomic mass is 9.89. The van der Waals surface area contributed by atoms with Gasteiger partial charge in [-0.05, 0) is 30.7 Å². The number of aromatic hydroxyl groups is 1. The summed E-state index contributed by atoms with van der Waals surface area (Å²) in [6.07, 6.45) is 2.63. The summed E-state index contributed by atoms with van der Waals surface area (Å²) in [7, 11) is 0. The average Bonchev–Trinajstić information content (AvgIpc) is 2.53.